The summed E-state index contributed by atoms with van der Waals surface area (Å²) in [5, 5.41) is 11.2. The van der Waals surface area contributed by atoms with Crippen LogP contribution in [0.5, 0.6) is 0 Å². The van der Waals surface area contributed by atoms with Gasteiger partial charge in [0.15, 0.2) is 49.5 Å². The van der Waals surface area contributed by atoms with Crippen molar-refractivity contribution in [2.75, 3.05) is 73.0 Å². The van der Waals surface area contributed by atoms with Crippen molar-refractivity contribution < 1.29 is 91.5 Å². The summed E-state index contributed by atoms with van der Waals surface area (Å²) in [5.74, 6) is 2.33. The SMILES string of the molecule is C#CC(=O)NC(C)C.C=CC(=O)C(C)C.C=CC(=O)NC(C)C.C=CS(=O)(=O)C(C)C.C=CS(=O)(=O)NC(C)C.CC(C)C(=O)/C=C/CN(C)C.CC(C)C(=O)CCl.CC(C)C(=O)CF.CC(C)C1CO1.CC(C)CC(=O)/C=C/CN(C)C.CC(C)N1C(=O)C=CC1=O.CC(C)NC(=O)CCl.CC(C)NC(=O)CF.CC(C)S(=O)(=O)C(C)C. The fourth-order valence-electron chi connectivity index (χ4n) is 5.82. The molecule has 2 aliphatic heterocycles. The number of allylic oxidation sites excluding steroid dienone is 3. The molecule has 2 rings (SSSR count). The van der Waals surface area contributed by atoms with Crippen LogP contribution >= 0.6 is 23.2 Å². The Bertz CT molecular complexity index is 3230. The molecule has 6 amide bonds. The number of carbonyl (C=O) groups is 11. The lowest BCUT2D eigenvalue weighted by Gasteiger charge is -2.17. The molecule has 692 valence electrons. The Balaban J connectivity index is -0.000000103. The summed E-state index contributed by atoms with van der Waals surface area (Å²) in [4.78, 5) is 121. The highest BCUT2D eigenvalue weighted by Gasteiger charge is 2.26. The number of hydrogen-bond donors (Lipinski definition) is 5. The number of likely N-dealkylation sites (N-methyl/N-ethyl adjacent to an activating group) is 2. The Kier molecular flexibility index (Phi) is 96.0. The Morgan fingerprint density at radius 1 is 0.525 bits per heavy atom. The van der Waals surface area contributed by atoms with Crippen LogP contribution in [0.3, 0.4) is 0 Å². The Morgan fingerprint density at radius 2 is 0.907 bits per heavy atom. The van der Waals surface area contributed by atoms with E-state index in [4.69, 9.17) is 34.4 Å². The molecule has 1 saturated heterocycles. The highest BCUT2D eigenvalue weighted by atomic mass is 35.5. The van der Waals surface area contributed by atoms with Gasteiger partial charge in [-0.05, 0) is 195 Å². The van der Waals surface area contributed by atoms with Crippen LogP contribution in [0.15, 0.2) is 85.7 Å². The van der Waals surface area contributed by atoms with Crippen molar-refractivity contribution in [3.63, 3.8) is 0 Å². The molecule has 5 N–H and O–H groups in total. The lowest BCUT2D eigenvalue weighted by molar-refractivity contribution is -0.139. The van der Waals surface area contributed by atoms with Gasteiger partial charge >= 0.3 is 0 Å². The van der Waals surface area contributed by atoms with Gasteiger partial charge in [0, 0.05) is 102 Å². The van der Waals surface area contributed by atoms with E-state index in [1.165, 1.54) is 29.2 Å². The fraction of sp³-hybridized carbons (Fsp3) is 0.682. The molecular formula is C85H158Cl2F2N8O18S3. The first-order valence-corrected chi connectivity index (χ1v) is 44.7. The molecule has 33 heteroatoms. The van der Waals surface area contributed by atoms with Crippen molar-refractivity contribution in [2.24, 2.45) is 35.5 Å². The minimum absolute atomic E-state index is 0.0324. The molecule has 118 heavy (non-hydrogen) atoms. The number of sulfonamides is 1. The Hall–Kier alpha value is -6.76. The van der Waals surface area contributed by atoms with Gasteiger partial charge in [0.2, 0.25) is 21.8 Å². The number of alkyl halides is 4. The van der Waals surface area contributed by atoms with Crippen molar-refractivity contribution in [1.29, 1.82) is 0 Å². The summed E-state index contributed by atoms with van der Waals surface area (Å²) in [5.41, 5.74) is 0. The van der Waals surface area contributed by atoms with Crippen LogP contribution in [0.1, 0.15) is 214 Å². The number of halogens is 4. The number of terminal acetylenes is 1. The van der Waals surface area contributed by atoms with Gasteiger partial charge in [0.1, 0.15) is 18.3 Å². The molecule has 0 aromatic rings. The van der Waals surface area contributed by atoms with E-state index in [0.717, 1.165) is 36.4 Å². The molecular weight excluding hydrogens is 1630 g/mol. The maximum atomic E-state index is 11.3. The summed E-state index contributed by atoms with van der Waals surface area (Å²) in [6.07, 6.45) is 18.4. The van der Waals surface area contributed by atoms with Crippen molar-refractivity contribution >= 4 is 117 Å². The summed E-state index contributed by atoms with van der Waals surface area (Å²) in [7, 11) is -1.07. The average molecular weight is 1790 g/mol. The number of Topliss-reactive ketones (excluding diaryl/α,β-unsaturated/α-hetero) is 2. The predicted octanol–water partition coefficient (Wildman–Crippen LogP) is 13.1. The van der Waals surface area contributed by atoms with Crippen molar-refractivity contribution in [1.82, 2.24) is 40.7 Å². The molecule has 0 aromatic heterocycles. The second kappa shape index (κ2) is 82.5. The topological polar surface area (TPSA) is 373 Å². The van der Waals surface area contributed by atoms with Gasteiger partial charge in [0.05, 0.1) is 34.3 Å². The average Bonchev–Trinajstić information content (AvgIpc) is 1.71. The quantitative estimate of drug-likeness (QED) is 0.0141. The number of sulfone groups is 2. The molecule has 1 unspecified atom stereocenters. The monoisotopic (exact) mass is 1780 g/mol. The van der Waals surface area contributed by atoms with Gasteiger partial charge in [0.25, 0.3) is 23.6 Å². The van der Waals surface area contributed by atoms with E-state index in [9.17, 15) is 86.8 Å². The van der Waals surface area contributed by atoms with Crippen LogP contribution in [-0.4, -0.2) is 235 Å². The lowest BCUT2D eigenvalue weighted by atomic mass is 10.1. The largest absolute Gasteiger partial charge is 0.373 e. The Morgan fingerprint density at radius 3 is 1.03 bits per heavy atom. The van der Waals surface area contributed by atoms with Crippen LogP contribution in [0.25, 0.3) is 0 Å². The number of ketones is 5. The highest BCUT2D eigenvalue weighted by Crippen LogP contribution is 2.18. The molecule has 0 spiro atoms. The number of ether oxygens (including phenoxy) is 1. The third-order valence-electron chi connectivity index (χ3n) is 12.6. The maximum Gasteiger partial charge on any atom is 0.295 e. The summed E-state index contributed by atoms with van der Waals surface area (Å²) in [6.45, 7) is 68.9. The Labute approximate surface area is 723 Å². The standard InChI is InChI=1S/C10H19NO.C9H17NO.C7H9NO2.C6H11NO.C6H9NO.C6H14O2S.C6H10O.C5H10ClNO.C5H9ClO.C5H10FNO.C5H9FO.C5H11NO2S.C5H10O2S.C5H10O/c1-9(2)8-10(12)6-5-7-11(3)4;1-8(2)9(11)6-5-7-10(3)4;1-5(2)8-6(9)3-4-7(8)10;2*1-4-6(8)7-5(2)3;1-5(2)9(7,8)6(3)4;1-4-6(7)5(2)3;1-4(2)7-5(8)3-6;1-4(2)5(7)3-6;1-4(2)7-5(8)3-6;1-4(2)5(7)3-6;1-4-9(7,8)6-5(2)3;1-4-8(6,7)5(2)3;1-4(2)5-3-6-5/h5-6,9H,7-8H2,1-4H3;5-6,8H,7H2,1-4H3;3-5H,1-2H3;4-5H,1H2,2-3H3,(H,7,8);1,5H,2-3H3,(H,7,8);5-6H,1-4H3;4-5H,1H2,2-3H3;4H,3H2,1-2H3,(H,7,8);4H,3H2,1-2H3;4H,3H2,1-2H3,(H,7,8);4H,3H2,1-2H3;4-6H,1H2,2-3H3;4-5H,1H2,2-3H3;4-5H,3H2,1-2H3/b2*6-5+;;;;;;;;;;;;. The molecule has 26 nitrogen and oxygen atoms in total. The van der Waals surface area contributed by atoms with Gasteiger partial charge in [-0.3, -0.25) is 57.6 Å². The van der Waals surface area contributed by atoms with Crippen molar-refractivity contribution in [3.05, 3.63) is 85.7 Å². The zero-order chi connectivity index (χ0) is 96.5. The molecule has 2 aliphatic rings. The minimum atomic E-state index is -3.20. The smallest absolute Gasteiger partial charge is 0.295 e. The normalized spacial score (nSPS) is 12.3. The molecule has 0 aliphatic carbocycles. The first-order chi connectivity index (χ1) is 53.6. The molecule has 0 bridgehead atoms. The number of carbonyl (C=O) groups excluding carboxylic acids is 11. The first kappa shape index (κ1) is 137. The summed E-state index contributed by atoms with van der Waals surface area (Å²) in [6, 6.07) is 0.488. The van der Waals surface area contributed by atoms with Crippen LogP contribution in [0.2, 0.25) is 0 Å². The van der Waals surface area contributed by atoms with Crippen LogP contribution < -0.4 is 26.0 Å². The maximum absolute atomic E-state index is 11.3. The van der Waals surface area contributed by atoms with Crippen LogP contribution in [0.4, 0.5) is 8.78 Å². The van der Waals surface area contributed by atoms with Crippen molar-refractivity contribution in [2.45, 2.75) is 272 Å². The second-order valence-corrected chi connectivity index (χ2v) is 38.3. The zero-order valence-corrected chi connectivity index (χ0v) is 82.0. The summed E-state index contributed by atoms with van der Waals surface area (Å²) < 4.78 is 94.3. The molecule has 1 atom stereocenters. The van der Waals surface area contributed by atoms with E-state index in [2.05, 4.69) is 80.0 Å². The number of epoxide rings is 1. The molecule has 0 radical (unpaired) electrons. The van der Waals surface area contributed by atoms with Crippen LogP contribution in [-0.2, 0) is 87.2 Å². The van der Waals surface area contributed by atoms with E-state index in [0.29, 0.717) is 18.4 Å². The predicted molar refractivity (Wildman–Crippen MR) is 487 cm³/mol. The number of nitrogens with one attached hydrogen (secondary N) is 5. The molecule has 2 heterocycles. The fourth-order valence-corrected chi connectivity index (χ4v) is 8.44. The third kappa shape index (κ3) is 109. The van der Waals surface area contributed by atoms with E-state index >= 15 is 0 Å². The van der Waals surface area contributed by atoms with Gasteiger partial charge in [-0.15, -0.1) is 29.6 Å². The number of amides is 6. The number of rotatable bonds is 31. The first-order valence-electron chi connectivity index (χ1n) is 38.9. The van der Waals surface area contributed by atoms with Crippen LogP contribution in [0, 0.1) is 47.9 Å². The van der Waals surface area contributed by atoms with Gasteiger partial charge in [-0.2, -0.15) is 0 Å². The molecule has 0 saturated carbocycles. The van der Waals surface area contributed by atoms with Gasteiger partial charge in [-0.25, -0.2) is 38.8 Å². The highest BCUT2D eigenvalue weighted by molar-refractivity contribution is 7.94. The minimum Gasteiger partial charge on any atom is -0.373 e. The number of hydrogen-bond acceptors (Lipinski definition) is 20. The number of nitrogens with zero attached hydrogens (tertiary/aromatic N) is 3. The van der Waals surface area contributed by atoms with Crippen molar-refractivity contribution in [3.8, 4) is 12.3 Å². The van der Waals surface area contributed by atoms with E-state index in [1.54, 1.807) is 95.2 Å². The van der Waals surface area contributed by atoms with Gasteiger partial charge in [-0.1, -0.05) is 122 Å². The third-order valence-corrected chi connectivity index (χ3v) is 18.8. The zero-order valence-electron chi connectivity index (χ0n) is 78.0. The van der Waals surface area contributed by atoms with Gasteiger partial charge < -0.3 is 35.8 Å². The number of imide groups is 1. The molecule has 1 fully saturated rings. The second-order valence-electron chi connectivity index (χ2n) is 30.6. The van der Waals surface area contributed by atoms with E-state index in [-0.39, 0.29) is 146 Å². The van der Waals surface area contributed by atoms with E-state index < -0.39 is 49.0 Å². The molecule has 0 aromatic carbocycles. The van der Waals surface area contributed by atoms with E-state index in [1.807, 2.05) is 153 Å². The lowest BCUT2D eigenvalue weighted by Crippen LogP contribution is -2.36. The summed E-state index contributed by atoms with van der Waals surface area (Å²) >= 11 is 10.4.